The first-order valence-corrected chi connectivity index (χ1v) is 11.3. The molecule has 0 unspecified atom stereocenters. The number of halogens is 1. The summed E-state index contributed by atoms with van der Waals surface area (Å²) in [4.78, 5) is 25.8. The summed E-state index contributed by atoms with van der Waals surface area (Å²) in [5.74, 6) is 0.912. The number of carbonyl (C=O) groups is 2. The van der Waals surface area contributed by atoms with E-state index in [-0.39, 0.29) is 5.56 Å². The molecule has 3 aliphatic rings. The summed E-state index contributed by atoms with van der Waals surface area (Å²) < 4.78 is 24.1. The number of methoxy groups -OCH3 is 1. The van der Waals surface area contributed by atoms with Crippen molar-refractivity contribution in [2.24, 2.45) is 17.3 Å². The average Bonchev–Trinajstić information content (AvgIpc) is 3.53. The minimum atomic E-state index is -0.684. The van der Waals surface area contributed by atoms with Gasteiger partial charge in [0.25, 0.3) is 0 Å². The molecule has 1 saturated heterocycles. The van der Waals surface area contributed by atoms with Crippen LogP contribution in [-0.2, 0) is 9.53 Å². The van der Waals surface area contributed by atoms with Crippen molar-refractivity contribution >= 4 is 11.9 Å². The predicted octanol–water partition coefficient (Wildman–Crippen LogP) is 4.59. The van der Waals surface area contributed by atoms with E-state index in [0.29, 0.717) is 29.6 Å². The van der Waals surface area contributed by atoms with E-state index in [1.807, 2.05) is 0 Å². The molecule has 2 saturated carbocycles. The molecule has 1 aromatic carbocycles. The lowest BCUT2D eigenvalue weighted by Gasteiger charge is -2.52. The van der Waals surface area contributed by atoms with E-state index in [1.165, 1.54) is 44.9 Å². The second kappa shape index (κ2) is 8.94. The number of nitrogens with zero attached hydrogens (tertiary/aromatic N) is 1. The first kappa shape index (κ1) is 21.1. The van der Waals surface area contributed by atoms with Crippen LogP contribution in [0.3, 0.4) is 0 Å². The van der Waals surface area contributed by atoms with Crippen molar-refractivity contribution in [1.82, 2.24) is 4.90 Å². The van der Waals surface area contributed by atoms with E-state index >= 15 is 0 Å². The number of benzene rings is 1. The summed E-state index contributed by atoms with van der Waals surface area (Å²) in [6, 6.07) is 4.24. The van der Waals surface area contributed by atoms with Gasteiger partial charge in [0.2, 0.25) is 5.91 Å². The van der Waals surface area contributed by atoms with Gasteiger partial charge in [0.05, 0.1) is 19.3 Å². The molecule has 2 aliphatic carbocycles. The number of likely N-dealkylation sites (tertiary alicyclic amines) is 1. The summed E-state index contributed by atoms with van der Waals surface area (Å²) in [6.07, 6.45) is 10.1. The van der Waals surface area contributed by atoms with Gasteiger partial charge in [-0.15, -0.1) is 0 Å². The molecule has 1 spiro atoms. The molecule has 1 amide bonds. The Labute approximate surface area is 177 Å². The minimum absolute atomic E-state index is 0.0788. The largest absolute Gasteiger partial charge is 0.493 e. The van der Waals surface area contributed by atoms with Crippen LogP contribution >= 0.6 is 0 Å². The van der Waals surface area contributed by atoms with Crippen molar-refractivity contribution < 1.29 is 23.5 Å². The second-order valence-electron chi connectivity index (χ2n) is 9.43. The highest BCUT2D eigenvalue weighted by Crippen LogP contribution is 2.54. The smallest absolute Gasteiger partial charge is 0.340 e. The fourth-order valence-corrected chi connectivity index (χ4v) is 5.13. The Bertz CT molecular complexity index is 775. The van der Waals surface area contributed by atoms with E-state index in [2.05, 4.69) is 9.64 Å². The van der Waals surface area contributed by atoms with Crippen molar-refractivity contribution in [3.63, 3.8) is 0 Å². The molecule has 0 atom stereocenters. The number of hydrogen-bond acceptors (Lipinski definition) is 4. The quantitative estimate of drug-likeness (QED) is 0.459. The Hall–Kier alpha value is -2.11. The number of piperidine rings is 1. The molecule has 30 heavy (non-hydrogen) atoms. The highest BCUT2D eigenvalue weighted by molar-refractivity contribution is 5.89. The third-order valence-corrected chi connectivity index (χ3v) is 7.15. The van der Waals surface area contributed by atoms with Crippen molar-refractivity contribution in [3.8, 4) is 5.75 Å². The SMILES string of the molecule is COC(=O)c1ccc(OCCCC2CC3(CCN(C(=O)CC4CC4)CC3)C2)cc1F. The molecule has 1 aromatic rings. The number of ether oxygens (including phenoxy) is 2. The van der Waals surface area contributed by atoms with Crippen molar-refractivity contribution in [1.29, 1.82) is 0 Å². The third-order valence-electron chi connectivity index (χ3n) is 7.15. The molecule has 4 rings (SSSR count). The van der Waals surface area contributed by atoms with Gasteiger partial charge in [-0.3, -0.25) is 4.79 Å². The standard InChI is InChI=1S/C24H32FNO4/c1-29-23(28)20-7-6-19(14-21(20)25)30-12-2-3-18-15-24(16-18)8-10-26(11-9-24)22(27)13-17-4-5-17/h6-7,14,17-18H,2-5,8-13,15-16H2,1H3. The number of carbonyl (C=O) groups excluding carboxylic acids is 2. The van der Waals surface area contributed by atoms with Crippen molar-refractivity contribution in [2.75, 3.05) is 26.8 Å². The maximum absolute atomic E-state index is 13.9. The summed E-state index contributed by atoms with van der Waals surface area (Å²) in [6.45, 7) is 2.42. The van der Waals surface area contributed by atoms with Crippen LogP contribution in [0.2, 0.25) is 0 Å². The Morgan fingerprint density at radius 2 is 1.90 bits per heavy atom. The lowest BCUT2D eigenvalue weighted by atomic mass is 9.56. The Morgan fingerprint density at radius 3 is 2.53 bits per heavy atom. The molecule has 0 bridgehead atoms. The van der Waals surface area contributed by atoms with E-state index in [4.69, 9.17) is 4.74 Å². The van der Waals surface area contributed by atoms with Crippen LogP contribution in [-0.4, -0.2) is 43.6 Å². The van der Waals surface area contributed by atoms with Crippen LogP contribution in [0.25, 0.3) is 0 Å². The average molecular weight is 418 g/mol. The van der Waals surface area contributed by atoms with Crippen molar-refractivity contribution in [3.05, 3.63) is 29.6 Å². The molecule has 0 aromatic heterocycles. The molecule has 1 heterocycles. The van der Waals surface area contributed by atoms with E-state index in [0.717, 1.165) is 51.1 Å². The topological polar surface area (TPSA) is 55.8 Å². The molecule has 6 heteroatoms. The number of amides is 1. The van der Waals surface area contributed by atoms with Gasteiger partial charge < -0.3 is 14.4 Å². The highest BCUT2D eigenvalue weighted by atomic mass is 19.1. The minimum Gasteiger partial charge on any atom is -0.493 e. The fourth-order valence-electron chi connectivity index (χ4n) is 5.13. The van der Waals surface area contributed by atoms with E-state index in [9.17, 15) is 14.0 Å². The first-order valence-electron chi connectivity index (χ1n) is 11.3. The van der Waals surface area contributed by atoms with Gasteiger partial charge in [0.1, 0.15) is 11.6 Å². The maximum atomic E-state index is 13.9. The van der Waals surface area contributed by atoms with Crippen LogP contribution < -0.4 is 4.74 Å². The summed E-state index contributed by atoms with van der Waals surface area (Å²) >= 11 is 0. The summed E-state index contributed by atoms with van der Waals surface area (Å²) in [5.41, 5.74) is 0.388. The zero-order chi connectivity index (χ0) is 21.1. The Balaban J connectivity index is 1.12. The van der Waals surface area contributed by atoms with Crippen LogP contribution in [0.5, 0.6) is 5.75 Å². The molecule has 0 N–H and O–H groups in total. The van der Waals surface area contributed by atoms with Gasteiger partial charge in [-0.25, -0.2) is 9.18 Å². The lowest BCUT2D eigenvalue weighted by Crippen LogP contribution is -2.48. The normalized spacial score (nSPS) is 20.7. The molecule has 1 aliphatic heterocycles. The molecular formula is C24H32FNO4. The summed E-state index contributed by atoms with van der Waals surface area (Å²) in [7, 11) is 1.23. The lowest BCUT2D eigenvalue weighted by molar-refractivity contribution is -0.135. The van der Waals surface area contributed by atoms with Crippen LogP contribution in [0, 0.1) is 23.1 Å². The third kappa shape index (κ3) is 4.96. The zero-order valence-corrected chi connectivity index (χ0v) is 17.8. The van der Waals surface area contributed by atoms with Gasteiger partial charge in [-0.1, -0.05) is 0 Å². The van der Waals surface area contributed by atoms with E-state index in [1.54, 1.807) is 6.07 Å². The second-order valence-corrected chi connectivity index (χ2v) is 9.43. The van der Waals surface area contributed by atoms with Gasteiger partial charge in [0.15, 0.2) is 0 Å². The van der Waals surface area contributed by atoms with Gasteiger partial charge >= 0.3 is 5.97 Å². The number of hydrogen-bond donors (Lipinski definition) is 0. The van der Waals surface area contributed by atoms with Gasteiger partial charge in [-0.05, 0) is 80.8 Å². The van der Waals surface area contributed by atoms with E-state index < -0.39 is 11.8 Å². The molecule has 3 fully saturated rings. The van der Waals surface area contributed by atoms with Gasteiger partial charge in [-0.2, -0.15) is 0 Å². The monoisotopic (exact) mass is 417 g/mol. The Morgan fingerprint density at radius 1 is 1.17 bits per heavy atom. The van der Waals surface area contributed by atoms with Crippen LogP contribution in [0.4, 0.5) is 4.39 Å². The first-order chi connectivity index (χ1) is 14.5. The predicted molar refractivity (Wildman–Crippen MR) is 111 cm³/mol. The zero-order valence-electron chi connectivity index (χ0n) is 17.8. The highest BCUT2D eigenvalue weighted by Gasteiger charge is 2.45. The van der Waals surface area contributed by atoms with Crippen molar-refractivity contribution in [2.45, 2.75) is 57.8 Å². The fraction of sp³-hybridized carbons (Fsp3) is 0.667. The van der Waals surface area contributed by atoms with Crippen LogP contribution in [0.15, 0.2) is 18.2 Å². The number of esters is 1. The molecule has 5 nitrogen and oxygen atoms in total. The molecule has 164 valence electrons. The number of rotatable bonds is 8. The summed E-state index contributed by atoms with van der Waals surface area (Å²) in [5, 5.41) is 0. The Kier molecular flexibility index (Phi) is 6.30. The van der Waals surface area contributed by atoms with Gasteiger partial charge in [0, 0.05) is 25.6 Å². The van der Waals surface area contributed by atoms with Crippen LogP contribution in [0.1, 0.15) is 68.1 Å². The molecule has 0 radical (unpaired) electrons. The maximum Gasteiger partial charge on any atom is 0.340 e. The molecular weight excluding hydrogens is 385 g/mol.